The molecule has 1 aromatic carbocycles. The van der Waals surface area contributed by atoms with E-state index in [0.717, 1.165) is 6.54 Å². The van der Waals surface area contributed by atoms with E-state index in [4.69, 9.17) is 0 Å². The monoisotopic (exact) mass is 251 g/mol. The fourth-order valence-corrected chi connectivity index (χ4v) is 2.60. The molecule has 0 aliphatic carbocycles. The van der Waals surface area contributed by atoms with E-state index in [1.54, 1.807) is 0 Å². The molecule has 1 nitrogen and oxygen atoms in total. The highest BCUT2D eigenvalue weighted by molar-refractivity contribution is 7.99. The molecule has 0 fully saturated rings. The van der Waals surface area contributed by atoms with Crippen LogP contribution in [0.25, 0.3) is 0 Å². The van der Waals surface area contributed by atoms with Crippen LogP contribution in [0.1, 0.15) is 32.3 Å². The maximum absolute atomic E-state index is 3.60. The van der Waals surface area contributed by atoms with Crippen LogP contribution >= 0.6 is 11.8 Å². The van der Waals surface area contributed by atoms with Gasteiger partial charge in [0.1, 0.15) is 0 Å². The Kier molecular flexibility index (Phi) is 8.20. The Morgan fingerprint density at radius 3 is 2.71 bits per heavy atom. The van der Waals surface area contributed by atoms with Crippen molar-refractivity contribution < 1.29 is 0 Å². The predicted octanol–water partition coefficient (Wildman–Crippen LogP) is 3.74. The van der Waals surface area contributed by atoms with Gasteiger partial charge in [0.2, 0.25) is 0 Å². The normalized spacial score (nSPS) is 12.6. The fourth-order valence-electron chi connectivity index (χ4n) is 1.79. The number of hydrogen-bond donors (Lipinski definition) is 1. The molecule has 1 rings (SSSR count). The molecule has 96 valence electrons. The van der Waals surface area contributed by atoms with E-state index in [0.29, 0.717) is 6.04 Å². The van der Waals surface area contributed by atoms with Gasteiger partial charge in [-0.3, -0.25) is 0 Å². The van der Waals surface area contributed by atoms with Gasteiger partial charge in [-0.15, -0.1) is 0 Å². The molecule has 17 heavy (non-hydrogen) atoms. The Hall–Kier alpha value is -0.470. The summed E-state index contributed by atoms with van der Waals surface area (Å²) in [7, 11) is 0. The minimum absolute atomic E-state index is 0.657. The van der Waals surface area contributed by atoms with Crippen LogP contribution in [0.2, 0.25) is 0 Å². The average molecular weight is 251 g/mol. The standard InChI is InChI=1S/C15H25NS/c1-3-17-13-11-14(2)16-12-7-10-15-8-5-4-6-9-15/h4-6,8-9,14,16H,3,7,10-13H2,1-2H3. The summed E-state index contributed by atoms with van der Waals surface area (Å²) in [5.74, 6) is 2.52. The number of nitrogens with one attached hydrogen (secondary N) is 1. The molecule has 2 heteroatoms. The lowest BCUT2D eigenvalue weighted by Gasteiger charge is -2.13. The average Bonchev–Trinajstić information content (AvgIpc) is 2.36. The Labute approximate surface area is 110 Å². The second kappa shape index (κ2) is 9.55. The van der Waals surface area contributed by atoms with E-state index in [1.165, 1.54) is 36.3 Å². The van der Waals surface area contributed by atoms with Gasteiger partial charge in [-0.25, -0.2) is 0 Å². The minimum Gasteiger partial charge on any atom is -0.314 e. The van der Waals surface area contributed by atoms with Crippen LogP contribution in [0.3, 0.4) is 0 Å². The molecule has 0 saturated heterocycles. The fraction of sp³-hybridized carbons (Fsp3) is 0.600. The van der Waals surface area contributed by atoms with Crippen molar-refractivity contribution in [2.45, 2.75) is 39.2 Å². The first-order chi connectivity index (χ1) is 8.33. The molecule has 0 aliphatic heterocycles. The Morgan fingerprint density at radius 1 is 1.24 bits per heavy atom. The van der Waals surface area contributed by atoms with E-state index < -0.39 is 0 Å². The van der Waals surface area contributed by atoms with Crippen LogP contribution in [0, 0.1) is 0 Å². The lowest BCUT2D eigenvalue weighted by molar-refractivity contribution is 0.527. The van der Waals surface area contributed by atoms with Crippen LogP contribution in [0.15, 0.2) is 30.3 Å². The first-order valence-corrected chi connectivity index (χ1v) is 7.83. The van der Waals surface area contributed by atoms with E-state index >= 15 is 0 Å². The van der Waals surface area contributed by atoms with Crippen molar-refractivity contribution in [3.05, 3.63) is 35.9 Å². The molecule has 0 bridgehead atoms. The summed E-state index contributed by atoms with van der Waals surface area (Å²) in [6.07, 6.45) is 3.70. The van der Waals surface area contributed by atoms with Gasteiger partial charge in [0, 0.05) is 6.04 Å². The first kappa shape index (κ1) is 14.6. The second-order valence-corrected chi connectivity index (χ2v) is 5.82. The molecule has 0 amide bonds. The van der Waals surface area contributed by atoms with E-state index in [-0.39, 0.29) is 0 Å². The molecule has 1 atom stereocenters. The summed E-state index contributed by atoms with van der Waals surface area (Å²) >= 11 is 2.03. The van der Waals surface area contributed by atoms with Crippen LogP contribution in [-0.2, 0) is 6.42 Å². The summed E-state index contributed by atoms with van der Waals surface area (Å²) in [6, 6.07) is 11.4. The molecule has 0 aliphatic rings. The number of hydrogen-bond acceptors (Lipinski definition) is 2. The third kappa shape index (κ3) is 7.45. The summed E-state index contributed by atoms with van der Waals surface area (Å²) in [5, 5.41) is 3.60. The topological polar surface area (TPSA) is 12.0 Å². The molecule has 0 spiro atoms. The van der Waals surface area contributed by atoms with Crippen molar-refractivity contribution in [1.82, 2.24) is 5.32 Å². The van der Waals surface area contributed by atoms with Gasteiger partial charge in [-0.05, 0) is 49.8 Å². The van der Waals surface area contributed by atoms with Crippen molar-refractivity contribution >= 4 is 11.8 Å². The van der Waals surface area contributed by atoms with E-state index in [2.05, 4.69) is 49.5 Å². The number of benzene rings is 1. The Bertz CT molecular complexity index is 274. The van der Waals surface area contributed by atoms with Crippen LogP contribution in [-0.4, -0.2) is 24.1 Å². The maximum atomic E-state index is 3.60. The number of rotatable bonds is 9. The van der Waals surface area contributed by atoms with Gasteiger partial charge in [0.15, 0.2) is 0 Å². The zero-order valence-corrected chi connectivity index (χ0v) is 11.9. The van der Waals surface area contributed by atoms with E-state index in [1.807, 2.05) is 11.8 Å². The van der Waals surface area contributed by atoms with E-state index in [9.17, 15) is 0 Å². The summed E-state index contributed by atoms with van der Waals surface area (Å²) in [4.78, 5) is 0. The zero-order chi connectivity index (χ0) is 12.3. The summed E-state index contributed by atoms with van der Waals surface area (Å²) in [5.41, 5.74) is 1.45. The SMILES string of the molecule is CCSCCC(C)NCCCc1ccccc1. The van der Waals surface area contributed by atoms with Gasteiger partial charge >= 0.3 is 0 Å². The van der Waals surface area contributed by atoms with Crippen molar-refractivity contribution in [2.24, 2.45) is 0 Å². The zero-order valence-electron chi connectivity index (χ0n) is 11.1. The largest absolute Gasteiger partial charge is 0.314 e. The van der Waals surface area contributed by atoms with Crippen LogP contribution < -0.4 is 5.32 Å². The first-order valence-electron chi connectivity index (χ1n) is 6.68. The molecule has 1 aromatic rings. The molecule has 0 aromatic heterocycles. The molecule has 0 saturated carbocycles. The Balaban J connectivity index is 2.00. The lowest BCUT2D eigenvalue weighted by atomic mass is 10.1. The van der Waals surface area contributed by atoms with Crippen molar-refractivity contribution in [3.63, 3.8) is 0 Å². The maximum Gasteiger partial charge on any atom is 0.00465 e. The van der Waals surface area contributed by atoms with Gasteiger partial charge in [0.25, 0.3) is 0 Å². The molecular weight excluding hydrogens is 226 g/mol. The summed E-state index contributed by atoms with van der Waals surface area (Å²) in [6.45, 7) is 5.65. The predicted molar refractivity (Wildman–Crippen MR) is 79.8 cm³/mol. The van der Waals surface area contributed by atoms with Crippen molar-refractivity contribution in [1.29, 1.82) is 0 Å². The molecule has 0 radical (unpaired) electrons. The molecule has 0 heterocycles. The Morgan fingerprint density at radius 2 is 2.00 bits per heavy atom. The lowest BCUT2D eigenvalue weighted by Crippen LogP contribution is -2.27. The van der Waals surface area contributed by atoms with Crippen LogP contribution in [0.4, 0.5) is 0 Å². The van der Waals surface area contributed by atoms with Gasteiger partial charge < -0.3 is 5.32 Å². The minimum atomic E-state index is 0.657. The van der Waals surface area contributed by atoms with Crippen molar-refractivity contribution in [3.8, 4) is 0 Å². The highest BCUT2D eigenvalue weighted by Crippen LogP contribution is 2.04. The van der Waals surface area contributed by atoms with Crippen LogP contribution in [0.5, 0.6) is 0 Å². The smallest absolute Gasteiger partial charge is 0.00465 e. The van der Waals surface area contributed by atoms with Gasteiger partial charge in [-0.1, -0.05) is 37.3 Å². The second-order valence-electron chi connectivity index (χ2n) is 4.43. The molecule has 1 N–H and O–H groups in total. The molecule has 1 unspecified atom stereocenters. The van der Waals surface area contributed by atoms with Crippen molar-refractivity contribution in [2.75, 3.05) is 18.1 Å². The number of thioether (sulfide) groups is 1. The van der Waals surface area contributed by atoms with Gasteiger partial charge in [-0.2, -0.15) is 11.8 Å². The summed E-state index contributed by atoms with van der Waals surface area (Å²) < 4.78 is 0. The quantitative estimate of drug-likeness (QED) is 0.671. The number of aryl methyl sites for hydroxylation is 1. The third-order valence-electron chi connectivity index (χ3n) is 2.88. The highest BCUT2D eigenvalue weighted by Gasteiger charge is 2.00. The molecular formula is C15H25NS. The highest BCUT2D eigenvalue weighted by atomic mass is 32.2. The van der Waals surface area contributed by atoms with Gasteiger partial charge in [0.05, 0.1) is 0 Å². The third-order valence-corrected chi connectivity index (χ3v) is 3.81.